The number of benzene rings is 1. The zero-order valence-corrected chi connectivity index (χ0v) is 13.2. The van der Waals surface area contributed by atoms with E-state index in [0.717, 1.165) is 30.7 Å². The van der Waals surface area contributed by atoms with Crippen LogP contribution < -0.4 is 4.90 Å². The van der Waals surface area contributed by atoms with Gasteiger partial charge in [0.1, 0.15) is 0 Å². The highest BCUT2D eigenvalue weighted by molar-refractivity contribution is 5.65. The van der Waals surface area contributed by atoms with Crippen molar-refractivity contribution in [1.29, 1.82) is 0 Å². The maximum Gasteiger partial charge on any atom is 0.270 e. The molecule has 4 nitrogen and oxygen atoms in total. The van der Waals surface area contributed by atoms with E-state index in [1.165, 1.54) is 43.4 Å². The summed E-state index contributed by atoms with van der Waals surface area (Å²) in [6.45, 7) is 3.24. The molecule has 0 amide bonds. The van der Waals surface area contributed by atoms with Crippen molar-refractivity contribution in [1.82, 2.24) is 10.1 Å². The molecule has 0 spiro atoms. The van der Waals surface area contributed by atoms with Gasteiger partial charge in [0.2, 0.25) is 5.89 Å². The fraction of sp³-hybridized carbons (Fsp3) is 0.556. The number of rotatable bonds is 3. The van der Waals surface area contributed by atoms with Gasteiger partial charge in [0, 0.05) is 18.2 Å². The molecule has 0 atom stereocenters. The zero-order chi connectivity index (χ0) is 14.9. The van der Waals surface area contributed by atoms with Crippen LogP contribution in [-0.4, -0.2) is 16.7 Å². The van der Waals surface area contributed by atoms with E-state index in [-0.39, 0.29) is 0 Å². The normalized spacial score (nSPS) is 24.5. The molecule has 4 rings (SSSR count). The number of aromatic nitrogens is 2. The van der Waals surface area contributed by atoms with Crippen LogP contribution in [0.5, 0.6) is 0 Å². The number of hydrogen-bond donors (Lipinski definition) is 0. The monoisotopic (exact) mass is 297 g/mol. The Labute approximate surface area is 131 Å². The molecule has 1 fully saturated rings. The summed E-state index contributed by atoms with van der Waals surface area (Å²) >= 11 is 0. The molecule has 2 aliphatic rings. The maximum atomic E-state index is 5.60. The third kappa shape index (κ3) is 2.40. The summed E-state index contributed by atoms with van der Waals surface area (Å²) in [4.78, 5) is 6.89. The van der Waals surface area contributed by atoms with Crippen molar-refractivity contribution in [2.75, 3.05) is 11.4 Å². The van der Waals surface area contributed by atoms with E-state index < -0.39 is 0 Å². The first-order chi connectivity index (χ1) is 10.8. The fourth-order valence-electron chi connectivity index (χ4n) is 3.87. The molecule has 2 heterocycles. The lowest BCUT2D eigenvalue weighted by Gasteiger charge is -2.25. The van der Waals surface area contributed by atoms with Crippen LogP contribution in [-0.2, 0) is 6.42 Å². The summed E-state index contributed by atoms with van der Waals surface area (Å²) in [5.41, 5.74) is 2.60. The molecular formula is C18H23N3O. The molecule has 0 bridgehead atoms. The number of anilines is 2. The van der Waals surface area contributed by atoms with Crippen LogP contribution >= 0.6 is 0 Å². The molecule has 4 heteroatoms. The average Bonchev–Trinajstić information content (AvgIpc) is 3.21. The summed E-state index contributed by atoms with van der Waals surface area (Å²) in [6, 6.07) is 8.49. The van der Waals surface area contributed by atoms with E-state index in [2.05, 4.69) is 41.2 Å². The van der Waals surface area contributed by atoms with Gasteiger partial charge in [-0.1, -0.05) is 31.5 Å². The molecule has 116 valence electrons. The lowest BCUT2D eigenvalue weighted by atomic mass is 9.81. The molecule has 1 aliphatic carbocycles. The van der Waals surface area contributed by atoms with Crippen LogP contribution in [0.4, 0.5) is 11.6 Å². The van der Waals surface area contributed by atoms with Crippen molar-refractivity contribution in [2.45, 2.75) is 51.4 Å². The van der Waals surface area contributed by atoms with Crippen LogP contribution in [0, 0.1) is 5.92 Å². The van der Waals surface area contributed by atoms with Crippen molar-refractivity contribution < 1.29 is 4.52 Å². The summed E-state index contributed by atoms with van der Waals surface area (Å²) in [5.74, 6) is 2.93. The van der Waals surface area contributed by atoms with Gasteiger partial charge < -0.3 is 9.42 Å². The largest absolute Gasteiger partial charge is 0.337 e. The molecule has 2 aromatic rings. The number of hydrogen-bond acceptors (Lipinski definition) is 4. The first-order valence-electron chi connectivity index (χ1n) is 8.54. The van der Waals surface area contributed by atoms with E-state index >= 15 is 0 Å². The Morgan fingerprint density at radius 1 is 1.18 bits per heavy atom. The van der Waals surface area contributed by atoms with E-state index in [9.17, 15) is 0 Å². The summed E-state index contributed by atoms with van der Waals surface area (Å²) in [7, 11) is 0. The minimum atomic E-state index is 0.460. The molecule has 0 unspecified atom stereocenters. The van der Waals surface area contributed by atoms with Crippen molar-refractivity contribution in [2.24, 2.45) is 5.92 Å². The lowest BCUT2D eigenvalue weighted by molar-refractivity contribution is 0.267. The van der Waals surface area contributed by atoms with E-state index in [0.29, 0.717) is 5.92 Å². The van der Waals surface area contributed by atoms with Crippen molar-refractivity contribution in [3.8, 4) is 0 Å². The Morgan fingerprint density at radius 3 is 2.82 bits per heavy atom. The van der Waals surface area contributed by atoms with Gasteiger partial charge in [-0.2, -0.15) is 4.98 Å². The number of fused-ring (bicyclic) bond motifs is 1. The summed E-state index contributed by atoms with van der Waals surface area (Å²) in [6.07, 6.45) is 7.33. The molecule has 22 heavy (non-hydrogen) atoms. The standard InChI is InChI=1S/C18H23N3O/c1-2-13-7-9-15(10-8-13)17-19-18(20-22-17)21-12-11-14-5-3-4-6-16(14)21/h3-6,13,15H,2,7-12H2,1H3. The Hall–Kier alpha value is -1.84. The van der Waals surface area contributed by atoms with Gasteiger partial charge in [-0.15, -0.1) is 0 Å². The first-order valence-corrected chi connectivity index (χ1v) is 8.54. The SMILES string of the molecule is CCC1CCC(c2nc(N3CCc4ccccc43)no2)CC1. The second kappa shape index (κ2) is 5.75. The zero-order valence-electron chi connectivity index (χ0n) is 13.2. The Kier molecular flexibility index (Phi) is 3.60. The molecule has 0 saturated heterocycles. The Bertz CT molecular complexity index is 643. The van der Waals surface area contributed by atoms with Crippen molar-refractivity contribution in [3.63, 3.8) is 0 Å². The quantitative estimate of drug-likeness (QED) is 0.839. The van der Waals surface area contributed by atoms with Crippen molar-refractivity contribution >= 4 is 11.6 Å². The molecule has 1 aromatic carbocycles. The molecule has 1 aromatic heterocycles. The van der Waals surface area contributed by atoms with Crippen LogP contribution in [0.2, 0.25) is 0 Å². The van der Waals surface area contributed by atoms with Crippen LogP contribution in [0.3, 0.4) is 0 Å². The fourth-order valence-corrected chi connectivity index (χ4v) is 3.87. The maximum absolute atomic E-state index is 5.60. The summed E-state index contributed by atoms with van der Waals surface area (Å²) < 4.78 is 5.60. The van der Waals surface area contributed by atoms with Crippen LogP contribution in [0.15, 0.2) is 28.8 Å². The topological polar surface area (TPSA) is 42.2 Å². The van der Waals surface area contributed by atoms with Gasteiger partial charge >= 0.3 is 0 Å². The highest BCUT2D eigenvalue weighted by Gasteiger charge is 2.28. The van der Waals surface area contributed by atoms with E-state index in [1.807, 2.05) is 0 Å². The third-order valence-corrected chi connectivity index (χ3v) is 5.33. The second-order valence-electron chi connectivity index (χ2n) is 6.59. The Morgan fingerprint density at radius 2 is 2.00 bits per heavy atom. The predicted molar refractivity (Wildman–Crippen MR) is 86.4 cm³/mol. The average molecular weight is 297 g/mol. The first kappa shape index (κ1) is 13.8. The van der Waals surface area contributed by atoms with Gasteiger partial charge in [0.25, 0.3) is 5.95 Å². The molecule has 0 radical (unpaired) electrons. The van der Waals surface area contributed by atoms with Gasteiger partial charge in [0.15, 0.2) is 0 Å². The van der Waals surface area contributed by atoms with Crippen LogP contribution in [0.1, 0.15) is 56.4 Å². The highest BCUT2D eigenvalue weighted by Crippen LogP contribution is 2.38. The minimum Gasteiger partial charge on any atom is -0.337 e. The summed E-state index contributed by atoms with van der Waals surface area (Å²) in [5, 5.41) is 4.25. The van der Waals surface area contributed by atoms with Gasteiger partial charge in [0.05, 0.1) is 0 Å². The van der Waals surface area contributed by atoms with Gasteiger partial charge in [-0.05, 0) is 54.8 Å². The van der Waals surface area contributed by atoms with Crippen LogP contribution in [0.25, 0.3) is 0 Å². The minimum absolute atomic E-state index is 0.460. The smallest absolute Gasteiger partial charge is 0.270 e. The molecule has 1 saturated carbocycles. The van der Waals surface area contributed by atoms with Crippen molar-refractivity contribution in [3.05, 3.63) is 35.7 Å². The number of para-hydroxylation sites is 1. The van der Waals surface area contributed by atoms with E-state index in [4.69, 9.17) is 9.51 Å². The highest BCUT2D eigenvalue weighted by atomic mass is 16.5. The lowest BCUT2D eigenvalue weighted by Crippen LogP contribution is -2.15. The van der Waals surface area contributed by atoms with Gasteiger partial charge in [-0.25, -0.2) is 0 Å². The third-order valence-electron chi connectivity index (χ3n) is 5.33. The molecular weight excluding hydrogens is 274 g/mol. The number of nitrogens with zero attached hydrogens (tertiary/aromatic N) is 3. The predicted octanol–water partition coefficient (Wildman–Crippen LogP) is 4.45. The second-order valence-corrected chi connectivity index (χ2v) is 6.59. The van der Waals surface area contributed by atoms with Gasteiger partial charge in [-0.3, -0.25) is 0 Å². The molecule has 0 N–H and O–H groups in total. The Balaban J connectivity index is 1.51. The van der Waals surface area contributed by atoms with E-state index in [1.54, 1.807) is 0 Å². The molecule has 1 aliphatic heterocycles.